The van der Waals surface area contributed by atoms with Crippen LogP contribution in [0.15, 0.2) is 42.5 Å². The molecule has 1 aliphatic heterocycles. The SMILES string of the molecule is COc1cccc(-c2cc3c(c(OC)c2)OCCN(CC2CC=CCC2)C3)n1. The number of benzene rings is 1. The molecule has 5 nitrogen and oxygen atoms in total. The van der Waals surface area contributed by atoms with Crippen molar-refractivity contribution in [2.45, 2.75) is 25.8 Å². The van der Waals surface area contributed by atoms with Gasteiger partial charge in [-0.15, -0.1) is 0 Å². The number of hydrogen-bond donors (Lipinski definition) is 0. The molecule has 2 aromatic rings. The summed E-state index contributed by atoms with van der Waals surface area (Å²) in [6.45, 7) is 3.59. The Morgan fingerprint density at radius 2 is 2.11 bits per heavy atom. The molecule has 5 heteroatoms. The van der Waals surface area contributed by atoms with Gasteiger partial charge >= 0.3 is 0 Å². The van der Waals surface area contributed by atoms with Crippen LogP contribution in [0.4, 0.5) is 0 Å². The predicted molar refractivity (Wildman–Crippen MR) is 110 cm³/mol. The summed E-state index contributed by atoms with van der Waals surface area (Å²) in [6.07, 6.45) is 8.28. The van der Waals surface area contributed by atoms with Gasteiger partial charge < -0.3 is 14.2 Å². The molecule has 1 aromatic heterocycles. The maximum atomic E-state index is 6.10. The molecule has 148 valence electrons. The summed E-state index contributed by atoms with van der Waals surface area (Å²) in [5.41, 5.74) is 3.04. The lowest BCUT2D eigenvalue weighted by Gasteiger charge is -2.26. The first-order valence-electron chi connectivity index (χ1n) is 9.99. The monoisotopic (exact) mass is 380 g/mol. The number of allylic oxidation sites excluding steroid dienone is 2. The van der Waals surface area contributed by atoms with Crippen LogP contribution >= 0.6 is 0 Å². The molecule has 0 saturated carbocycles. The fourth-order valence-electron chi connectivity index (χ4n) is 4.07. The van der Waals surface area contributed by atoms with Crippen LogP contribution < -0.4 is 14.2 Å². The number of aromatic nitrogens is 1. The van der Waals surface area contributed by atoms with Gasteiger partial charge in [0, 0.05) is 36.8 Å². The maximum absolute atomic E-state index is 6.10. The second-order valence-electron chi connectivity index (χ2n) is 7.47. The van der Waals surface area contributed by atoms with Gasteiger partial charge in [0.1, 0.15) is 6.61 Å². The summed E-state index contributed by atoms with van der Waals surface area (Å²) >= 11 is 0. The molecule has 1 aromatic carbocycles. The highest BCUT2D eigenvalue weighted by Gasteiger charge is 2.23. The van der Waals surface area contributed by atoms with E-state index in [9.17, 15) is 0 Å². The van der Waals surface area contributed by atoms with Crippen LogP contribution in [0.5, 0.6) is 17.4 Å². The average molecular weight is 380 g/mol. The van der Waals surface area contributed by atoms with Crippen molar-refractivity contribution in [1.82, 2.24) is 9.88 Å². The molecule has 0 fully saturated rings. The van der Waals surface area contributed by atoms with Crippen molar-refractivity contribution in [3.8, 4) is 28.6 Å². The van der Waals surface area contributed by atoms with Crippen molar-refractivity contribution >= 4 is 0 Å². The van der Waals surface area contributed by atoms with E-state index in [1.807, 2.05) is 24.3 Å². The van der Waals surface area contributed by atoms with Crippen molar-refractivity contribution in [3.05, 3.63) is 48.0 Å². The number of pyridine rings is 1. The molecule has 1 unspecified atom stereocenters. The highest BCUT2D eigenvalue weighted by Crippen LogP contribution is 2.38. The van der Waals surface area contributed by atoms with E-state index in [0.29, 0.717) is 12.5 Å². The Bertz CT molecular complexity index is 850. The van der Waals surface area contributed by atoms with Crippen LogP contribution in [0.25, 0.3) is 11.3 Å². The lowest BCUT2D eigenvalue weighted by molar-refractivity contribution is 0.191. The molecule has 1 atom stereocenters. The van der Waals surface area contributed by atoms with Gasteiger partial charge in [-0.1, -0.05) is 18.2 Å². The third-order valence-electron chi connectivity index (χ3n) is 5.52. The Kier molecular flexibility index (Phi) is 5.81. The van der Waals surface area contributed by atoms with Gasteiger partial charge in [-0.3, -0.25) is 4.90 Å². The zero-order valence-electron chi connectivity index (χ0n) is 16.7. The molecule has 0 bridgehead atoms. The van der Waals surface area contributed by atoms with E-state index in [1.54, 1.807) is 14.2 Å². The fraction of sp³-hybridized carbons (Fsp3) is 0.435. The quantitative estimate of drug-likeness (QED) is 0.723. The number of fused-ring (bicyclic) bond motifs is 1. The van der Waals surface area contributed by atoms with Gasteiger partial charge in [0.25, 0.3) is 0 Å². The van der Waals surface area contributed by atoms with Crippen LogP contribution in [0, 0.1) is 5.92 Å². The summed E-state index contributed by atoms with van der Waals surface area (Å²) in [4.78, 5) is 7.09. The average Bonchev–Trinajstić information content (AvgIpc) is 2.95. The van der Waals surface area contributed by atoms with Crippen LogP contribution in [0.1, 0.15) is 24.8 Å². The summed E-state index contributed by atoms with van der Waals surface area (Å²) in [7, 11) is 3.33. The number of methoxy groups -OCH3 is 2. The van der Waals surface area contributed by atoms with E-state index in [1.165, 1.54) is 19.3 Å². The first-order chi connectivity index (χ1) is 13.8. The largest absolute Gasteiger partial charge is 0.493 e. The van der Waals surface area contributed by atoms with Gasteiger partial charge in [-0.05, 0) is 43.4 Å². The molecular weight excluding hydrogens is 352 g/mol. The highest BCUT2D eigenvalue weighted by molar-refractivity contribution is 5.67. The molecule has 0 radical (unpaired) electrons. The number of rotatable bonds is 5. The minimum atomic E-state index is 0.606. The Hall–Kier alpha value is -2.53. The molecule has 0 amide bonds. The van der Waals surface area contributed by atoms with Crippen molar-refractivity contribution in [3.63, 3.8) is 0 Å². The Balaban J connectivity index is 1.63. The smallest absolute Gasteiger partial charge is 0.213 e. The lowest BCUT2D eigenvalue weighted by atomic mass is 9.93. The van der Waals surface area contributed by atoms with Crippen LogP contribution in [-0.4, -0.2) is 43.8 Å². The van der Waals surface area contributed by atoms with Gasteiger partial charge in [0.05, 0.1) is 19.9 Å². The van der Waals surface area contributed by atoms with E-state index in [2.05, 4.69) is 28.1 Å². The molecule has 0 N–H and O–H groups in total. The molecule has 4 rings (SSSR count). The summed E-state index contributed by atoms with van der Waals surface area (Å²) in [5, 5.41) is 0. The number of nitrogens with zero attached hydrogens (tertiary/aromatic N) is 2. The van der Waals surface area contributed by atoms with Crippen LogP contribution in [-0.2, 0) is 6.54 Å². The van der Waals surface area contributed by atoms with E-state index in [0.717, 1.165) is 53.9 Å². The summed E-state index contributed by atoms with van der Waals surface area (Å²) in [5.74, 6) is 2.96. The maximum Gasteiger partial charge on any atom is 0.213 e. The van der Waals surface area contributed by atoms with Gasteiger partial charge in [-0.2, -0.15) is 0 Å². The molecule has 0 spiro atoms. The minimum Gasteiger partial charge on any atom is -0.493 e. The summed E-state index contributed by atoms with van der Waals surface area (Å²) in [6, 6.07) is 9.99. The first kappa shape index (κ1) is 18.8. The first-order valence-corrected chi connectivity index (χ1v) is 9.99. The van der Waals surface area contributed by atoms with Crippen LogP contribution in [0.2, 0.25) is 0 Å². The minimum absolute atomic E-state index is 0.606. The Labute approximate surface area is 166 Å². The van der Waals surface area contributed by atoms with Crippen molar-refractivity contribution < 1.29 is 14.2 Å². The van der Waals surface area contributed by atoms with Gasteiger partial charge in [0.15, 0.2) is 11.5 Å². The molecule has 0 saturated heterocycles. The number of hydrogen-bond acceptors (Lipinski definition) is 5. The highest BCUT2D eigenvalue weighted by atomic mass is 16.5. The Morgan fingerprint density at radius 1 is 1.18 bits per heavy atom. The third kappa shape index (κ3) is 4.14. The number of ether oxygens (including phenoxy) is 3. The lowest BCUT2D eigenvalue weighted by Crippen LogP contribution is -2.31. The zero-order chi connectivity index (χ0) is 19.3. The van der Waals surface area contributed by atoms with Crippen molar-refractivity contribution in [1.29, 1.82) is 0 Å². The normalized spacial score (nSPS) is 19.4. The molecule has 2 heterocycles. The molecule has 28 heavy (non-hydrogen) atoms. The molecule has 1 aliphatic carbocycles. The predicted octanol–water partition coefficient (Wildman–Crippen LogP) is 4.32. The van der Waals surface area contributed by atoms with E-state index in [-0.39, 0.29) is 0 Å². The second kappa shape index (κ2) is 8.65. The van der Waals surface area contributed by atoms with Crippen molar-refractivity contribution in [2.75, 3.05) is 33.9 Å². The van der Waals surface area contributed by atoms with E-state index in [4.69, 9.17) is 14.2 Å². The molecule has 2 aliphatic rings. The van der Waals surface area contributed by atoms with Gasteiger partial charge in [-0.25, -0.2) is 4.98 Å². The molecular formula is C23H28N2O3. The fourth-order valence-corrected chi connectivity index (χ4v) is 4.07. The second-order valence-corrected chi connectivity index (χ2v) is 7.47. The van der Waals surface area contributed by atoms with Crippen LogP contribution in [0.3, 0.4) is 0 Å². The standard InChI is InChI=1S/C23H28N2O3/c1-26-21-14-18(20-9-6-10-22(24-20)27-2)13-19-16-25(11-12-28-23(19)21)15-17-7-4-3-5-8-17/h3-4,6,9-10,13-14,17H,5,7-8,11-12,15-16H2,1-2H3. The van der Waals surface area contributed by atoms with Crippen molar-refractivity contribution in [2.24, 2.45) is 5.92 Å². The van der Waals surface area contributed by atoms with E-state index < -0.39 is 0 Å². The Morgan fingerprint density at radius 3 is 2.89 bits per heavy atom. The van der Waals surface area contributed by atoms with Gasteiger partial charge in [0.2, 0.25) is 5.88 Å². The summed E-state index contributed by atoms with van der Waals surface area (Å²) < 4.78 is 17.0. The zero-order valence-corrected chi connectivity index (χ0v) is 16.7. The van der Waals surface area contributed by atoms with E-state index >= 15 is 0 Å². The third-order valence-corrected chi connectivity index (χ3v) is 5.52. The topological polar surface area (TPSA) is 43.8 Å².